The highest BCUT2D eigenvalue weighted by Crippen LogP contribution is 2.17. The maximum absolute atomic E-state index is 5.94. The van der Waals surface area contributed by atoms with Crippen molar-refractivity contribution >= 4 is 35.3 Å². The molecule has 31 heavy (non-hydrogen) atoms. The van der Waals surface area contributed by atoms with Crippen LogP contribution < -0.4 is 11.1 Å². The van der Waals surface area contributed by atoms with Crippen LogP contribution in [0, 0.1) is 0 Å². The third kappa shape index (κ3) is 6.49. The van der Waals surface area contributed by atoms with Crippen LogP contribution in [0.3, 0.4) is 0 Å². The van der Waals surface area contributed by atoms with Gasteiger partial charge in [-0.15, -0.1) is 0 Å². The summed E-state index contributed by atoms with van der Waals surface area (Å²) in [6.45, 7) is 5.55. The Morgan fingerprint density at radius 3 is 2.35 bits per heavy atom. The molecule has 2 heterocycles. The van der Waals surface area contributed by atoms with E-state index in [1.165, 1.54) is 5.56 Å². The molecule has 1 aromatic heterocycles. The van der Waals surface area contributed by atoms with Crippen LogP contribution in [0.15, 0.2) is 60.7 Å². The van der Waals surface area contributed by atoms with Crippen molar-refractivity contribution in [2.45, 2.75) is 6.54 Å². The largest absolute Gasteiger partial charge is 0.368 e. The van der Waals surface area contributed by atoms with E-state index in [0.717, 1.165) is 38.4 Å². The van der Waals surface area contributed by atoms with E-state index in [1.54, 1.807) is 0 Å². The third-order valence-electron chi connectivity index (χ3n) is 5.10. The van der Waals surface area contributed by atoms with Gasteiger partial charge in [-0.2, -0.15) is 15.0 Å². The number of halogens is 1. The van der Waals surface area contributed by atoms with Crippen molar-refractivity contribution in [3.63, 3.8) is 0 Å². The van der Waals surface area contributed by atoms with Gasteiger partial charge in [-0.3, -0.25) is 9.80 Å². The highest BCUT2D eigenvalue weighted by atomic mass is 35.5. The molecule has 3 N–H and O–H groups in total. The average Bonchev–Trinajstić information content (AvgIpc) is 2.77. The number of piperazine rings is 1. The summed E-state index contributed by atoms with van der Waals surface area (Å²) < 4.78 is 0. The van der Waals surface area contributed by atoms with Gasteiger partial charge in [-0.25, -0.2) is 0 Å². The standard InChI is InChI=1S/C23H26ClN7/c24-19-8-10-20(11-9-19)26-23-28-21(27-22(25)29-23)17-31-15-13-30(14-16-31)12-4-7-18-5-2-1-3-6-18/h1-11H,12-17H2,(H3,25,26,27,28,29). The van der Waals surface area contributed by atoms with E-state index >= 15 is 0 Å². The number of nitrogens with one attached hydrogen (secondary N) is 1. The van der Waals surface area contributed by atoms with Gasteiger partial charge in [0.05, 0.1) is 6.54 Å². The summed E-state index contributed by atoms with van der Waals surface area (Å²) in [6.07, 6.45) is 4.40. The van der Waals surface area contributed by atoms with Crippen molar-refractivity contribution in [2.75, 3.05) is 43.8 Å². The third-order valence-corrected chi connectivity index (χ3v) is 5.35. The molecule has 1 saturated heterocycles. The Morgan fingerprint density at radius 1 is 0.903 bits per heavy atom. The monoisotopic (exact) mass is 435 g/mol. The lowest BCUT2D eigenvalue weighted by molar-refractivity contribution is 0.134. The van der Waals surface area contributed by atoms with E-state index in [1.807, 2.05) is 30.3 Å². The molecule has 0 amide bonds. The molecular weight excluding hydrogens is 410 g/mol. The van der Waals surface area contributed by atoms with E-state index in [4.69, 9.17) is 17.3 Å². The summed E-state index contributed by atoms with van der Waals surface area (Å²) in [7, 11) is 0. The second kappa shape index (κ2) is 10.3. The van der Waals surface area contributed by atoms with E-state index in [0.29, 0.717) is 23.3 Å². The molecule has 1 fully saturated rings. The maximum Gasteiger partial charge on any atom is 0.232 e. The van der Waals surface area contributed by atoms with E-state index < -0.39 is 0 Å². The summed E-state index contributed by atoms with van der Waals surface area (Å²) >= 11 is 5.94. The SMILES string of the molecule is Nc1nc(CN2CCN(CC=Cc3ccccc3)CC2)nc(Nc2ccc(Cl)cc2)n1. The summed E-state index contributed by atoms with van der Waals surface area (Å²) in [6, 6.07) is 17.7. The molecule has 0 atom stereocenters. The fourth-order valence-electron chi connectivity index (χ4n) is 3.46. The van der Waals surface area contributed by atoms with Crippen molar-refractivity contribution in [3.8, 4) is 0 Å². The van der Waals surface area contributed by atoms with Gasteiger partial charge in [0.25, 0.3) is 0 Å². The van der Waals surface area contributed by atoms with Crippen LogP contribution >= 0.6 is 11.6 Å². The van der Waals surface area contributed by atoms with Gasteiger partial charge in [0.2, 0.25) is 11.9 Å². The second-order valence-corrected chi connectivity index (χ2v) is 7.89. The molecule has 0 saturated carbocycles. The number of nitrogens with two attached hydrogens (primary N) is 1. The maximum atomic E-state index is 5.94. The number of nitrogens with zero attached hydrogens (tertiary/aromatic N) is 5. The van der Waals surface area contributed by atoms with Gasteiger partial charge < -0.3 is 11.1 Å². The number of rotatable bonds is 7. The minimum absolute atomic E-state index is 0.214. The highest BCUT2D eigenvalue weighted by molar-refractivity contribution is 6.30. The molecule has 0 bridgehead atoms. The van der Waals surface area contributed by atoms with Crippen LogP contribution in [-0.2, 0) is 6.54 Å². The Labute approximate surface area is 187 Å². The molecule has 160 valence electrons. The lowest BCUT2D eigenvalue weighted by Gasteiger charge is -2.33. The Hall–Kier alpha value is -3.00. The first-order valence-corrected chi connectivity index (χ1v) is 10.7. The summed E-state index contributed by atoms with van der Waals surface area (Å²) in [4.78, 5) is 17.8. The zero-order chi connectivity index (χ0) is 21.5. The first-order chi connectivity index (χ1) is 15.1. The molecule has 7 nitrogen and oxygen atoms in total. The average molecular weight is 436 g/mol. The normalized spacial score (nSPS) is 15.4. The summed E-state index contributed by atoms with van der Waals surface area (Å²) in [5.41, 5.74) is 7.99. The summed E-state index contributed by atoms with van der Waals surface area (Å²) in [5, 5.41) is 3.84. The molecule has 0 radical (unpaired) electrons. The van der Waals surface area contributed by atoms with Crippen LogP contribution in [0.1, 0.15) is 11.4 Å². The van der Waals surface area contributed by atoms with Gasteiger partial charge in [0, 0.05) is 43.4 Å². The van der Waals surface area contributed by atoms with Gasteiger partial charge in [0.15, 0.2) is 0 Å². The minimum atomic E-state index is 0.214. The molecule has 0 aliphatic carbocycles. The first kappa shape index (κ1) is 21.2. The molecular formula is C23H26ClN7. The number of nitrogen functional groups attached to an aromatic ring is 1. The molecule has 0 unspecified atom stereocenters. The molecule has 2 aromatic carbocycles. The molecule has 8 heteroatoms. The Kier molecular flexibility index (Phi) is 7.09. The van der Waals surface area contributed by atoms with Crippen LogP contribution in [0.2, 0.25) is 5.02 Å². The summed E-state index contributed by atoms with van der Waals surface area (Å²) in [5.74, 6) is 1.32. The molecule has 3 aromatic rings. The van der Waals surface area contributed by atoms with Crippen LogP contribution in [-0.4, -0.2) is 57.5 Å². The van der Waals surface area contributed by atoms with Gasteiger partial charge in [-0.05, 0) is 29.8 Å². The first-order valence-electron chi connectivity index (χ1n) is 10.3. The smallest absolute Gasteiger partial charge is 0.232 e. The number of hydrogen-bond donors (Lipinski definition) is 2. The van der Waals surface area contributed by atoms with Gasteiger partial charge in [-0.1, -0.05) is 54.1 Å². The number of aromatic nitrogens is 3. The van der Waals surface area contributed by atoms with E-state index in [-0.39, 0.29) is 5.95 Å². The molecule has 0 spiro atoms. The van der Waals surface area contributed by atoms with E-state index in [9.17, 15) is 0 Å². The fourth-order valence-corrected chi connectivity index (χ4v) is 3.58. The zero-order valence-corrected chi connectivity index (χ0v) is 18.0. The quantitative estimate of drug-likeness (QED) is 0.585. The van der Waals surface area contributed by atoms with Crippen LogP contribution in [0.5, 0.6) is 0 Å². The lowest BCUT2D eigenvalue weighted by Crippen LogP contribution is -2.46. The predicted molar refractivity (Wildman–Crippen MR) is 126 cm³/mol. The number of anilines is 3. The number of hydrogen-bond acceptors (Lipinski definition) is 7. The van der Waals surface area contributed by atoms with Gasteiger partial charge in [0.1, 0.15) is 5.82 Å². The molecule has 4 rings (SSSR count). The lowest BCUT2D eigenvalue weighted by atomic mass is 10.2. The minimum Gasteiger partial charge on any atom is -0.368 e. The topological polar surface area (TPSA) is 83.2 Å². The van der Waals surface area contributed by atoms with Crippen molar-refractivity contribution in [3.05, 3.63) is 77.1 Å². The highest BCUT2D eigenvalue weighted by Gasteiger charge is 2.17. The fraction of sp³-hybridized carbons (Fsp3) is 0.261. The van der Waals surface area contributed by atoms with E-state index in [2.05, 4.69) is 66.5 Å². The van der Waals surface area contributed by atoms with Crippen molar-refractivity contribution < 1.29 is 0 Å². The predicted octanol–water partition coefficient (Wildman–Crippen LogP) is 3.68. The Morgan fingerprint density at radius 2 is 1.61 bits per heavy atom. The molecule has 1 aliphatic rings. The van der Waals surface area contributed by atoms with Crippen LogP contribution in [0.25, 0.3) is 6.08 Å². The Balaban J connectivity index is 1.28. The van der Waals surface area contributed by atoms with Crippen LogP contribution in [0.4, 0.5) is 17.6 Å². The zero-order valence-electron chi connectivity index (χ0n) is 17.3. The number of benzene rings is 2. The second-order valence-electron chi connectivity index (χ2n) is 7.46. The van der Waals surface area contributed by atoms with Crippen molar-refractivity contribution in [2.24, 2.45) is 0 Å². The van der Waals surface area contributed by atoms with Crippen molar-refractivity contribution in [1.82, 2.24) is 24.8 Å². The van der Waals surface area contributed by atoms with Crippen molar-refractivity contribution in [1.29, 1.82) is 0 Å². The van der Waals surface area contributed by atoms with Gasteiger partial charge >= 0.3 is 0 Å². The Bertz CT molecular complexity index is 1000. The molecule has 1 aliphatic heterocycles.